The molecule has 1 fully saturated rings. The fourth-order valence-electron chi connectivity index (χ4n) is 2.22. The van der Waals surface area contributed by atoms with Gasteiger partial charge in [0.1, 0.15) is 0 Å². The predicted molar refractivity (Wildman–Crippen MR) is 68.5 cm³/mol. The van der Waals surface area contributed by atoms with Gasteiger partial charge in [-0.25, -0.2) is 0 Å². The van der Waals surface area contributed by atoms with E-state index in [1.54, 1.807) is 0 Å². The first-order chi connectivity index (χ1) is 7.24. The summed E-state index contributed by atoms with van der Waals surface area (Å²) >= 11 is 1.90. The molecular formula is C12H22N2S. The third kappa shape index (κ3) is 3.40. The molecule has 0 saturated heterocycles. The highest BCUT2D eigenvalue weighted by atomic mass is 32.2. The molecule has 86 valence electrons. The van der Waals surface area contributed by atoms with Gasteiger partial charge in [-0.2, -0.15) is 0 Å². The lowest BCUT2D eigenvalue weighted by atomic mass is 9.87. The largest absolute Gasteiger partial charge is 0.362 e. The number of amidine groups is 1. The van der Waals surface area contributed by atoms with E-state index in [-0.39, 0.29) is 0 Å². The summed E-state index contributed by atoms with van der Waals surface area (Å²) in [5, 5.41) is 4.81. The summed E-state index contributed by atoms with van der Waals surface area (Å²) in [6.07, 6.45) is 5.42. The van der Waals surface area contributed by atoms with Crippen LogP contribution in [0.25, 0.3) is 0 Å². The van der Waals surface area contributed by atoms with E-state index in [9.17, 15) is 0 Å². The molecule has 1 atom stereocenters. The Bertz CT molecular complexity index is 232. The van der Waals surface area contributed by atoms with E-state index in [0.29, 0.717) is 6.04 Å². The normalized spacial score (nSPS) is 37.2. The van der Waals surface area contributed by atoms with Crippen molar-refractivity contribution in [3.05, 3.63) is 0 Å². The van der Waals surface area contributed by atoms with Crippen LogP contribution in [-0.4, -0.2) is 23.5 Å². The van der Waals surface area contributed by atoms with Crippen LogP contribution in [0.15, 0.2) is 4.99 Å². The third-order valence-electron chi connectivity index (χ3n) is 3.39. The van der Waals surface area contributed by atoms with E-state index in [1.807, 2.05) is 11.8 Å². The topological polar surface area (TPSA) is 24.4 Å². The van der Waals surface area contributed by atoms with Gasteiger partial charge in [0.2, 0.25) is 0 Å². The molecule has 0 aromatic carbocycles. The summed E-state index contributed by atoms with van der Waals surface area (Å²) in [5.74, 6) is 2.92. The van der Waals surface area contributed by atoms with Gasteiger partial charge < -0.3 is 5.32 Å². The highest BCUT2D eigenvalue weighted by Gasteiger charge is 2.20. The second kappa shape index (κ2) is 5.24. The Labute approximate surface area is 97.3 Å². The minimum absolute atomic E-state index is 0.695. The Kier molecular flexibility index (Phi) is 3.95. The average Bonchev–Trinajstić information content (AvgIpc) is 2.25. The van der Waals surface area contributed by atoms with Crippen LogP contribution in [0.4, 0.5) is 0 Å². The van der Waals surface area contributed by atoms with Gasteiger partial charge in [-0.3, -0.25) is 4.99 Å². The van der Waals surface area contributed by atoms with E-state index >= 15 is 0 Å². The van der Waals surface area contributed by atoms with Crippen LogP contribution in [0.1, 0.15) is 39.5 Å². The summed E-state index contributed by atoms with van der Waals surface area (Å²) < 4.78 is 0. The number of aliphatic imine (C=N–C) groups is 1. The maximum atomic E-state index is 4.59. The zero-order valence-corrected chi connectivity index (χ0v) is 10.6. The molecule has 0 aromatic heterocycles. The smallest absolute Gasteiger partial charge is 0.156 e. The average molecular weight is 226 g/mol. The van der Waals surface area contributed by atoms with Gasteiger partial charge in [-0.1, -0.05) is 25.6 Å². The van der Waals surface area contributed by atoms with Crippen LogP contribution in [-0.2, 0) is 0 Å². The van der Waals surface area contributed by atoms with Crippen molar-refractivity contribution in [2.24, 2.45) is 16.8 Å². The number of rotatable bonds is 1. The van der Waals surface area contributed by atoms with E-state index in [0.717, 1.165) is 18.4 Å². The van der Waals surface area contributed by atoms with Crippen molar-refractivity contribution < 1.29 is 0 Å². The molecular weight excluding hydrogens is 204 g/mol. The maximum Gasteiger partial charge on any atom is 0.156 e. The van der Waals surface area contributed by atoms with Crippen LogP contribution in [0, 0.1) is 11.8 Å². The molecule has 1 aliphatic carbocycles. The van der Waals surface area contributed by atoms with Crippen molar-refractivity contribution in [2.45, 2.75) is 45.6 Å². The van der Waals surface area contributed by atoms with Crippen molar-refractivity contribution in [2.75, 3.05) is 12.3 Å². The first kappa shape index (κ1) is 11.3. The minimum Gasteiger partial charge on any atom is -0.362 e. The number of nitrogens with zero attached hydrogens (tertiary/aromatic N) is 1. The predicted octanol–water partition coefficient (Wildman–Crippen LogP) is 2.89. The maximum absolute atomic E-state index is 4.59. The fourth-order valence-corrected chi connectivity index (χ4v) is 3.19. The molecule has 2 aliphatic rings. The molecule has 1 unspecified atom stereocenters. The van der Waals surface area contributed by atoms with Crippen molar-refractivity contribution in [1.82, 2.24) is 5.32 Å². The molecule has 1 heterocycles. The second-order valence-corrected chi connectivity index (χ2v) is 6.17. The fraction of sp³-hybridized carbons (Fsp3) is 0.917. The Morgan fingerprint density at radius 1 is 1.13 bits per heavy atom. The van der Waals surface area contributed by atoms with Gasteiger partial charge in [0.25, 0.3) is 0 Å². The highest BCUT2D eigenvalue weighted by molar-refractivity contribution is 8.13. The van der Waals surface area contributed by atoms with E-state index < -0.39 is 0 Å². The monoisotopic (exact) mass is 226 g/mol. The molecule has 15 heavy (non-hydrogen) atoms. The second-order valence-electron chi connectivity index (χ2n) is 5.16. The van der Waals surface area contributed by atoms with Gasteiger partial charge in [-0.05, 0) is 37.5 Å². The van der Waals surface area contributed by atoms with Crippen LogP contribution in [0.2, 0.25) is 0 Å². The lowest BCUT2D eigenvalue weighted by Gasteiger charge is -2.29. The van der Waals surface area contributed by atoms with Crippen LogP contribution < -0.4 is 5.32 Å². The van der Waals surface area contributed by atoms with Gasteiger partial charge in [0, 0.05) is 18.3 Å². The molecule has 2 rings (SSSR count). The van der Waals surface area contributed by atoms with E-state index in [4.69, 9.17) is 0 Å². The van der Waals surface area contributed by atoms with Crippen molar-refractivity contribution in [3.8, 4) is 0 Å². The summed E-state index contributed by atoms with van der Waals surface area (Å²) in [6.45, 7) is 5.65. The minimum atomic E-state index is 0.695. The highest BCUT2D eigenvalue weighted by Crippen LogP contribution is 2.25. The molecule has 3 heteroatoms. The van der Waals surface area contributed by atoms with E-state index in [1.165, 1.54) is 36.6 Å². The van der Waals surface area contributed by atoms with Crippen molar-refractivity contribution in [3.63, 3.8) is 0 Å². The molecule has 0 bridgehead atoms. The number of hydrogen-bond donors (Lipinski definition) is 1. The standard InChI is InChI=1S/C12H22N2S/c1-9-3-5-11(6-4-9)14-12-13-7-10(2)8-15-12/h9-11H,3-8H2,1-2H3,(H,13,14). The Morgan fingerprint density at radius 2 is 1.87 bits per heavy atom. The van der Waals surface area contributed by atoms with Crippen LogP contribution in [0.3, 0.4) is 0 Å². The molecule has 2 nitrogen and oxygen atoms in total. The molecule has 0 radical (unpaired) electrons. The Hall–Kier alpha value is -0.180. The van der Waals surface area contributed by atoms with Gasteiger partial charge >= 0.3 is 0 Å². The van der Waals surface area contributed by atoms with E-state index in [2.05, 4.69) is 24.2 Å². The molecule has 0 aromatic rings. The first-order valence-electron chi connectivity index (χ1n) is 6.18. The van der Waals surface area contributed by atoms with Gasteiger partial charge in [-0.15, -0.1) is 0 Å². The molecule has 1 aliphatic heterocycles. The van der Waals surface area contributed by atoms with Crippen molar-refractivity contribution >= 4 is 16.9 Å². The van der Waals surface area contributed by atoms with Gasteiger partial charge in [0.15, 0.2) is 5.17 Å². The van der Waals surface area contributed by atoms with Crippen molar-refractivity contribution in [1.29, 1.82) is 0 Å². The molecule has 0 amide bonds. The summed E-state index contributed by atoms with van der Waals surface area (Å²) in [6, 6.07) is 0.695. The van der Waals surface area contributed by atoms with Gasteiger partial charge in [0.05, 0.1) is 0 Å². The first-order valence-corrected chi connectivity index (χ1v) is 7.16. The lowest BCUT2D eigenvalue weighted by molar-refractivity contribution is 0.331. The third-order valence-corrected chi connectivity index (χ3v) is 4.65. The van der Waals surface area contributed by atoms with Crippen LogP contribution in [0.5, 0.6) is 0 Å². The summed E-state index contributed by atoms with van der Waals surface area (Å²) in [5.41, 5.74) is 0. The molecule has 1 N–H and O–H groups in total. The number of nitrogens with one attached hydrogen (secondary N) is 1. The number of thioether (sulfide) groups is 1. The summed E-state index contributed by atoms with van der Waals surface area (Å²) in [4.78, 5) is 4.59. The Morgan fingerprint density at radius 3 is 2.47 bits per heavy atom. The quantitative estimate of drug-likeness (QED) is 0.743. The zero-order valence-electron chi connectivity index (χ0n) is 9.83. The summed E-state index contributed by atoms with van der Waals surface area (Å²) in [7, 11) is 0. The number of hydrogen-bond acceptors (Lipinski definition) is 3. The zero-order chi connectivity index (χ0) is 10.7. The lowest BCUT2D eigenvalue weighted by Crippen LogP contribution is -2.37. The Balaban J connectivity index is 1.77. The SMILES string of the molecule is CC1CCC(NC2=NCC(C)CS2)CC1. The molecule has 0 spiro atoms. The van der Waals surface area contributed by atoms with Crippen LogP contribution >= 0.6 is 11.8 Å². The molecule has 1 saturated carbocycles.